The van der Waals surface area contributed by atoms with E-state index < -0.39 is 5.97 Å². The summed E-state index contributed by atoms with van der Waals surface area (Å²) in [6.07, 6.45) is 0.528. The Kier molecular flexibility index (Phi) is 3.36. The van der Waals surface area contributed by atoms with Gasteiger partial charge >= 0.3 is 5.97 Å². The van der Waals surface area contributed by atoms with Gasteiger partial charge in [0.25, 0.3) is 0 Å². The van der Waals surface area contributed by atoms with Crippen LogP contribution in [0.15, 0.2) is 0 Å². The molecule has 0 rings (SSSR count). The predicted molar refractivity (Wildman–Crippen MR) is 38.4 cm³/mol. The molecule has 2 radical (unpaired) electrons. The van der Waals surface area contributed by atoms with Crippen LogP contribution in [0.25, 0.3) is 0 Å². The van der Waals surface area contributed by atoms with Crippen LogP contribution >= 0.6 is 0 Å². The molecule has 0 aromatic heterocycles. The molecule has 0 atom stereocenters. The molecule has 10 heavy (non-hydrogen) atoms. The second kappa shape index (κ2) is 3.56. The minimum absolute atomic E-state index is 0.136. The van der Waals surface area contributed by atoms with Crippen molar-refractivity contribution in [2.75, 3.05) is 27.2 Å². The van der Waals surface area contributed by atoms with Gasteiger partial charge in [0.15, 0.2) is 6.54 Å². The Morgan fingerprint density at radius 3 is 2.40 bits per heavy atom. The molecular formula is C7H14NO2+. The molecule has 0 aromatic rings. The summed E-state index contributed by atoms with van der Waals surface area (Å²) in [5.74, 6) is -0.779. The molecule has 0 heterocycles. The summed E-state index contributed by atoms with van der Waals surface area (Å²) < 4.78 is 0.450. The molecule has 0 amide bonds. The summed E-state index contributed by atoms with van der Waals surface area (Å²) in [6, 6.07) is 0. The molecule has 1 N–H and O–H groups in total. The van der Waals surface area contributed by atoms with Gasteiger partial charge in [-0.15, -0.1) is 0 Å². The number of carboxylic acid groups (broad SMARTS) is 1. The number of likely N-dealkylation sites (N-methyl/N-ethyl adjacent to an activating group) is 1. The molecule has 0 spiro atoms. The van der Waals surface area contributed by atoms with Gasteiger partial charge in [0.1, 0.15) is 0 Å². The lowest BCUT2D eigenvalue weighted by molar-refractivity contribution is -0.882. The van der Waals surface area contributed by atoms with Gasteiger partial charge in [0.2, 0.25) is 0 Å². The average molecular weight is 144 g/mol. The minimum Gasteiger partial charge on any atom is -0.477 e. The first kappa shape index (κ1) is 9.43. The van der Waals surface area contributed by atoms with Crippen molar-refractivity contribution in [3.8, 4) is 0 Å². The lowest BCUT2D eigenvalue weighted by Crippen LogP contribution is -2.44. The van der Waals surface area contributed by atoms with Gasteiger partial charge in [-0.2, -0.15) is 0 Å². The van der Waals surface area contributed by atoms with Crippen LogP contribution in [0.4, 0.5) is 0 Å². The van der Waals surface area contributed by atoms with Crippen molar-refractivity contribution in [3.05, 3.63) is 6.92 Å². The van der Waals surface area contributed by atoms with Crippen molar-refractivity contribution in [1.82, 2.24) is 0 Å². The summed E-state index contributed by atoms with van der Waals surface area (Å²) >= 11 is 0. The first-order chi connectivity index (χ1) is 4.48. The van der Waals surface area contributed by atoms with Crippen LogP contribution in [0.3, 0.4) is 0 Å². The highest BCUT2D eigenvalue weighted by atomic mass is 16.4. The smallest absolute Gasteiger partial charge is 0.359 e. The lowest BCUT2D eigenvalue weighted by atomic mass is 10.4. The molecule has 0 aromatic carbocycles. The first-order valence-electron chi connectivity index (χ1n) is 3.22. The molecule has 0 bridgehead atoms. The predicted octanol–water partition coefficient (Wildman–Crippen LogP) is 0.249. The highest BCUT2D eigenvalue weighted by Gasteiger charge is 2.17. The number of hydrogen-bond donors (Lipinski definition) is 1. The molecule has 0 aliphatic heterocycles. The lowest BCUT2D eigenvalue weighted by Gasteiger charge is -2.26. The maximum Gasteiger partial charge on any atom is 0.359 e. The van der Waals surface area contributed by atoms with Gasteiger partial charge in [-0.3, -0.25) is 0 Å². The van der Waals surface area contributed by atoms with E-state index in [9.17, 15) is 4.79 Å². The molecule has 0 saturated carbocycles. The summed E-state index contributed by atoms with van der Waals surface area (Å²) in [4.78, 5) is 10.2. The van der Waals surface area contributed by atoms with Gasteiger partial charge in [0.05, 0.1) is 20.6 Å². The van der Waals surface area contributed by atoms with Crippen molar-refractivity contribution in [2.24, 2.45) is 0 Å². The van der Waals surface area contributed by atoms with E-state index >= 15 is 0 Å². The van der Waals surface area contributed by atoms with Crippen molar-refractivity contribution in [2.45, 2.75) is 6.42 Å². The van der Waals surface area contributed by atoms with Crippen LogP contribution in [0.2, 0.25) is 0 Å². The fraction of sp³-hybridized carbons (Fsp3) is 0.714. The Morgan fingerprint density at radius 1 is 1.60 bits per heavy atom. The summed E-state index contributed by atoms with van der Waals surface area (Å²) in [6.45, 7) is 6.12. The molecule has 0 saturated heterocycles. The van der Waals surface area contributed by atoms with E-state index in [0.29, 0.717) is 17.4 Å². The maximum absolute atomic E-state index is 10.2. The number of nitrogens with zero attached hydrogens (tertiary/aromatic N) is 1. The van der Waals surface area contributed by atoms with Gasteiger partial charge in [-0.1, -0.05) is 0 Å². The van der Waals surface area contributed by atoms with Crippen molar-refractivity contribution < 1.29 is 14.4 Å². The van der Waals surface area contributed by atoms with Gasteiger partial charge in [-0.25, -0.2) is 4.79 Å². The number of rotatable bonds is 4. The van der Waals surface area contributed by atoms with Crippen molar-refractivity contribution in [1.29, 1.82) is 0 Å². The van der Waals surface area contributed by atoms with E-state index in [1.807, 2.05) is 14.1 Å². The van der Waals surface area contributed by atoms with Crippen LogP contribution < -0.4 is 0 Å². The number of carboxylic acids is 1. The van der Waals surface area contributed by atoms with E-state index in [2.05, 4.69) is 0 Å². The van der Waals surface area contributed by atoms with Crippen LogP contribution in [0, 0.1) is 6.92 Å². The Bertz CT molecular complexity index is 121. The fourth-order valence-electron chi connectivity index (χ4n) is 0.795. The summed E-state index contributed by atoms with van der Waals surface area (Å²) in [7, 11) is 3.70. The van der Waals surface area contributed by atoms with Gasteiger partial charge < -0.3 is 9.59 Å². The quantitative estimate of drug-likeness (QED) is 0.574. The highest BCUT2D eigenvalue weighted by Crippen LogP contribution is 1.97. The third-order valence-electron chi connectivity index (χ3n) is 1.30. The highest BCUT2D eigenvalue weighted by molar-refractivity contribution is 5.67. The van der Waals surface area contributed by atoms with Gasteiger partial charge in [-0.05, 0) is 13.3 Å². The van der Waals surface area contributed by atoms with E-state index in [4.69, 9.17) is 12.0 Å². The van der Waals surface area contributed by atoms with E-state index in [-0.39, 0.29) is 6.54 Å². The second-order valence-electron chi connectivity index (χ2n) is 3.00. The maximum atomic E-state index is 10.2. The third kappa shape index (κ3) is 4.32. The van der Waals surface area contributed by atoms with E-state index in [1.165, 1.54) is 0 Å². The number of quaternary nitrogens is 1. The second-order valence-corrected chi connectivity index (χ2v) is 3.00. The SMILES string of the molecule is [CH]CC[N+](C)(C)CC(=O)O. The molecule has 3 heteroatoms. The summed E-state index contributed by atoms with van der Waals surface area (Å²) in [5, 5.41) is 8.42. The number of aliphatic carboxylic acids is 1. The van der Waals surface area contributed by atoms with E-state index in [0.717, 1.165) is 0 Å². The summed E-state index contributed by atoms with van der Waals surface area (Å²) in [5.41, 5.74) is 0. The van der Waals surface area contributed by atoms with Crippen LogP contribution in [0.1, 0.15) is 6.42 Å². The van der Waals surface area contributed by atoms with E-state index in [1.54, 1.807) is 0 Å². The zero-order valence-corrected chi connectivity index (χ0v) is 6.50. The van der Waals surface area contributed by atoms with Crippen molar-refractivity contribution >= 4 is 5.97 Å². The third-order valence-corrected chi connectivity index (χ3v) is 1.30. The number of hydrogen-bond acceptors (Lipinski definition) is 1. The average Bonchev–Trinajstić information content (AvgIpc) is 1.59. The number of carbonyl (C=O) groups is 1. The standard InChI is InChI=1S/C7H13NO2/c1-4-5-8(2,3)6-7(9)10/h1H,4-6H2,2-3H3/p+1. The minimum atomic E-state index is -0.779. The molecule has 58 valence electrons. The monoisotopic (exact) mass is 144 g/mol. The molecule has 0 aliphatic carbocycles. The van der Waals surface area contributed by atoms with Crippen LogP contribution in [-0.2, 0) is 4.79 Å². The fourth-order valence-corrected chi connectivity index (χ4v) is 0.795. The molecule has 0 unspecified atom stereocenters. The Hall–Kier alpha value is -0.570. The molecule has 3 nitrogen and oxygen atoms in total. The van der Waals surface area contributed by atoms with Crippen LogP contribution in [0.5, 0.6) is 0 Å². The molecule has 0 fully saturated rings. The van der Waals surface area contributed by atoms with Crippen LogP contribution in [-0.4, -0.2) is 42.7 Å². The Morgan fingerprint density at radius 2 is 2.10 bits per heavy atom. The van der Waals surface area contributed by atoms with Crippen molar-refractivity contribution in [3.63, 3.8) is 0 Å². The molecule has 0 aliphatic rings. The normalized spacial score (nSPS) is 11.5. The topological polar surface area (TPSA) is 37.3 Å². The molecular weight excluding hydrogens is 130 g/mol. The largest absolute Gasteiger partial charge is 0.477 e. The Balaban J connectivity index is 3.74. The Labute approximate surface area is 61.9 Å². The first-order valence-corrected chi connectivity index (χ1v) is 3.22. The zero-order chi connectivity index (χ0) is 8.20. The van der Waals surface area contributed by atoms with Gasteiger partial charge in [0, 0.05) is 0 Å². The zero-order valence-electron chi connectivity index (χ0n) is 6.50.